The molecule has 0 bridgehead atoms. The quantitative estimate of drug-likeness (QED) is 0.356. The highest BCUT2D eigenvalue weighted by atomic mass is 127. The molecule has 0 spiro atoms. The van der Waals surface area contributed by atoms with E-state index >= 15 is 0 Å². The summed E-state index contributed by atoms with van der Waals surface area (Å²) in [5.74, 6) is 1.65. The number of rotatable bonds is 5. The molecule has 0 aromatic heterocycles. The maximum Gasteiger partial charge on any atom is 0.191 e. The SMILES string of the molecule is CN=C(NCc1cc(OC)ccc1O)NC1CC(C)(OC)C1(C)C.I. The lowest BCUT2D eigenvalue weighted by Gasteiger charge is -2.59. The van der Waals surface area contributed by atoms with Crippen molar-refractivity contribution in [2.75, 3.05) is 21.3 Å². The monoisotopic (exact) mass is 463 g/mol. The Morgan fingerprint density at radius 2 is 2.00 bits per heavy atom. The van der Waals surface area contributed by atoms with Crippen LogP contribution in [-0.4, -0.2) is 44.0 Å². The Balaban J connectivity index is 0.00000312. The number of ether oxygens (including phenoxy) is 2. The second-order valence-corrected chi connectivity index (χ2v) is 6.98. The van der Waals surface area contributed by atoms with Gasteiger partial charge in [0.1, 0.15) is 11.5 Å². The molecule has 1 aliphatic carbocycles. The van der Waals surface area contributed by atoms with Crippen LogP contribution in [0.5, 0.6) is 11.5 Å². The standard InChI is InChI=1S/C18H29N3O3.HI/c1-17(2)15(10-18(17,3)24-6)21-16(19-4)20-11-12-9-13(23-5)7-8-14(12)22;/h7-9,15,22H,10-11H2,1-6H3,(H2,19,20,21);1H. The van der Waals surface area contributed by atoms with Crippen molar-refractivity contribution in [3.05, 3.63) is 23.8 Å². The van der Waals surface area contributed by atoms with E-state index in [0.717, 1.165) is 12.0 Å². The Labute approximate surface area is 167 Å². The van der Waals surface area contributed by atoms with E-state index in [2.05, 4.69) is 36.4 Å². The van der Waals surface area contributed by atoms with Crippen LogP contribution in [0.15, 0.2) is 23.2 Å². The maximum atomic E-state index is 9.97. The predicted molar refractivity (Wildman–Crippen MR) is 111 cm³/mol. The number of hydrogen-bond acceptors (Lipinski definition) is 4. The summed E-state index contributed by atoms with van der Waals surface area (Å²) in [6.07, 6.45) is 0.918. The van der Waals surface area contributed by atoms with Gasteiger partial charge in [-0.05, 0) is 31.5 Å². The molecule has 0 heterocycles. The van der Waals surface area contributed by atoms with Crippen molar-refractivity contribution >= 4 is 29.9 Å². The zero-order valence-electron chi connectivity index (χ0n) is 15.8. The van der Waals surface area contributed by atoms with Gasteiger partial charge < -0.3 is 25.2 Å². The van der Waals surface area contributed by atoms with Crippen molar-refractivity contribution in [2.45, 2.75) is 45.4 Å². The molecule has 142 valence electrons. The molecular formula is C18H30IN3O3. The molecule has 0 saturated heterocycles. The van der Waals surface area contributed by atoms with Crippen molar-refractivity contribution < 1.29 is 14.6 Å². The van der Waals surface area contributed by atoms with Gasteiger partial charge >= 0.3 is 0 Å². The number of phenols is 1. The maximum absolute atomic E-state index is 9.97. The molecule has 2 unspecified atom stereocenters. The zero-order chi connectivity index (χ0) is 18.0. The second kappa shape index (κ2) is 8.44. The van der Waals surface area contributed by atoms with E-state index in [1.54, 1.807) is 33.4 Å². The fourth-order valence-corrected chi connectivity index (χ4v) is 3.09. The molecule has 1 aromatic carbocycles. The summed E-state index contributed by atoms with van der Waals surface area (Å²) in [7, 11) is 5.11. The van der Waals surface area contributed by atoms with Crippen LogP contribution >= 0.6 is 24.0 Å². The fourth-order valence-electron chi connectivity index (χ4n) is 3.09. The largest absolute Gasteiger partial charge is 0.508 e. The number of methoxy groups -OCH3 is 2. The molecule has 0 amide bonds. The Morgan fingerprint density at radius 1 is 1.32 bits per heavy atom. The van der Waals surface area contributed by atoms with Gasteiger partial charge in [-0.15, -0.1) is 24.0 Å². The molecule has 3 N–H and O–H groups in total. The number of halogens is 1. The third kappa shape index (κ3) is 4.31. The molecule has 0 radical (unpaired) electrons. The average molecular weight is 463 g/mol. The lowest BCUT2D eigenvalue weighted by molar-refractivity contribution is -0.176. The van der Waals surface area contributed by atoms with E-state index in [9.17, 15) is 5.11 Å². The van der Waals surface area contributed by atoms with Gasteiger partial charge in [-0.2, -0.15) is 0 Å². The Bertz CT molecular complexity index is 622. The highest BCUT2D eigenvalue weighted by molar-refractivity contribution is 14.0. The minimum atomic E-state index is -0.130. The minimum absolute atomic E-state index is 0. The van der Waals surface area contributed by atoms with Crippen molar-refractivity contribution in [1.29, 1.82) is 0 Å². The number of benzene rings is 1. The lowest BCUT2D eigenvalue weighted by Crippen LogP contribution is -2.69. The zero-order valence-corrected chi connectivity index (χ0v) is 18.2. The summed E-state index contributed by atoms with van der Waals surface area (Å²) >= 11 is 0. The number of aromatic hydroxyl groups is 1. The Morgan fingerprint density at radius 3 is 2.52 bits per heavy atom. The molecule has 6 nitrogen and oxygen atoms in total. The van der Waals surface area contributed by atoms with Crippen LogP contribution in [0.2, 0.25) is 0 Å². The highest BCUT2D eigenvalue weighted by Gasteiger charge is 2.58. The van der Waals surface area contributed by atoms with E-state index < -0.39 is 0 Å². The smallest absolute Gasteiger partial charge is 0.191 e. The Kier molecular flexibility index (Phi) is 7.37. The first kappa shape index (κ1) is 21.8. The van der Waals surface area contributed by atoms with Gasteiger partial charge in [0.25, 0.3) is 0 Å². The summed E-state index contributed by atoms with van der Waals surface area (Å²) in [6, 6.07) is 5.44. The van der Waals surface area contributed by atoms with Crippen LogP contribution in [0, 0.1) is 5.41 Å². The van der Waals surface area contributed by atoms with Gasteiger partial charge in [0.2, 0.25) is 0 Å². The van der Waals surface area contributed by atoms with E-state index in [0.29, 0.717) is 18.3 Å². The first-order chi connectivity index (χ1) is 11.3. The normalized spacial score (nSPS) is 24.7. The number of aliphatic imine (C=N–C) groups is 1. The van der Waals surface area contributed by atoms with Crippen LogP contribution in [-0.2, 0) is 11.3 Å². The van der Waals surface area contributed by atoms with Gasteiger partial charge in [0.05, 0.1) is 12.7 Å². The van der Waals surface area contributed by atoms with E-state index in [4.69, 9.17) is 9.47 Å². The topological polar surface area (TPSA) is 75.1 Å². The number of guanidine groups is 1. The molecule has 7 heteroatoms. The molecular weight excluding hydrogens is 433 g/mol. The first-order valence-electron chi connectivity index (χ1n) is 8.15. The van der Waals surface area contributed by atoms with Crippen LogP contribution in [0.1, 0.15) is 32.8 Å². The van der Waals surface area contributed by atoms with E-state index in [1.807, 2.05) is 6.07 Å². The number of nitrogens with zero attached hydrogens (tertiary/aromatic N) is 1. The third-order valence-electron chi connectivity index (χ3n) is 5.55. The minimum Gasteiger partial charge on any atom is -0.508 e. The molecule has 0 aliphatic heterocycles. The molecule has 2 atom stereocenters. The third-order valence-corrected chi connectivity index (χ3v) is 5.55. The highest BCUT2D eigenvalue weighted by Crippen LogP contribution is 2.51. The molecule has 1 saturated carbocycles. The van der Waals surface area contributed by atoms with Gasteiger partial charge in [-0.3, -0.25) is 4.99 Å². The molecule has 25 heavy (non-hydrogen) atoms. The first-order valence-corrected chi connectivity index (χ1v) is 8.15. The average Bonchev–Trinajstić information content (AvgIpc) is 2.58. The van der Waals surface area contributed by atoms with Crippen LogP contribution in [0.3, 0.4) is 0 Å². The summed E-state index contributed by atoms with van der Waals surface area (Å²) in [5.41, 5.74) is 0.624. The van der Waals surface area contributed by atoms with Crippen LogP contribution in [0.4, 0.5) is 0 Å². The number of nitrogens with one attached hydrogen (secondary N) is 2. The molecule has 1 aromatic rings. The lowest BCUT2D eigenvalue weighted by atomic mass is 9.56. The summed E-state index contributed by atoms with van der Waals surface area (Å²) in [6.45, 7) is 6.98. The van der Waals surface area contributed by atoms with Gasteiger partial charge in [0, 0.05) is 37.7 Å². The van der Waals surface area contributed by atoms with E-state index in [1.165, 1.54) is 0 Å². The van der Waals surface area contributed by atoms with Crippen molar-refractivity contribution in [2.24, 2.45) is 10.4 Å². The van der Waals surface area contributed by atoms with Gasteiger partial charge in [-0.1, -0.05) is 13.8 Å². The summed E-state index contributed by atoms with van der Waals surface area (Å²) in [5, 5.41) is 16.7. The van der Waals surface area contributed by atoms with Crippen LogP contribution in [0.25, 0.3) is 0 Å². The van der Waals surface area contributed by atoms with Crippen molar-refractivity contribution in [3.63, 3.8) is 0 Å². The van der Waals surface area contributed by atoms with Crippen molar-refractivity contribution in [1.82, 2.24) is 10.6 Å². The second-order valence-electron chi connectivity index (χ2n) is 6.98. The molecule has 1 fully saturated rings. The summed E-state index contributed by atoms with van der Waals surface area (Å²) in [4.78, 5) is 4.28. The molecule has 1 aliphatic rings. The predicted octanol–water partition coefficient (Wildman–Crippen LogP) is 2.89. The van der Waals surface area contributed by atoms with E-state index in [-0.39, 0.29) is 46.8 Å². The van der Waals surface area contributed by atoms with Crippen LogP contribution < -0.4 is 15.4 Å². The summed E-state index contributed by atoms with van der Waals surface area (Å²) < 4.78 is 10.9. The van der Waals surface area contributed by atoms with Gasteiger partial charge in [0.15, 0.2) is 5.96 Å². The van der Waals surface area contributed by atoms with Gasteiger partial charge in [-0.25, -0.2) is 0 Å². The van der Waals surface area contributed by atoms with Crippen molar-refractivity contribution in [3.8, 4) is 11.5 Å². The fraction of sp³-hybridized carbons (Fsp3) is 0.611. The number of hydrogen-bond donors (Lipinski definition) is 3. The molecule has 2 rings (SSSR count). The number of phenolic OH excluding ortho intramolecular Hbond substituents is 1. The Hall–Kier alpha value is -1.22.